The molecular formula is C16H23N3O2. The zero-order valence-electron chi connectivity index (χ0n) is 12.7. The molecule has 0 spiro atoms. The van der Waals surface area contributed by atoms with Crippen LogP contribution in [-0.4, -0.2) is 29.2 Å². The van der Waals surface area contributed by atoms with E-state index in [0.717, 1.165) is 36.8 Å². The fraction of sp³-hybridized carbons (Fsp3) is 0.562. The van der Waals surface area contributed by atoms with E-state index >= 15 is 0 Å². The van der Waals surface area contributed by atoms with Gasteiger partial charge in [0.05, 0.1) is 16.6 Å². The van der Waals surface area contributed by atoms with Gasteiger partial charge in [-0.25, -0.2) is 4.79 Å². The van der Waals surface area contributed by atoms with Crippen LogP contribution in [0.2, 0.25) is 0 Å². The Bertz CT molecular complexity index is 664. The normalized spacial score (nSPS) is 18.6. The Morgan fingerprint density at radius 3 is 2.71 bits per heavy atom. The summed E-state index contributed by atoms with van der Waals surface area (Å²) < 4.78 is 5.76. The number of aromatic nitrogens is 2. The SMILES string of the molecule is CCNC(CC1(OC)CCC1)c1ccc2[nH]c(=O)[nH]c2c1. The maximum Gasteiger partial charge on any atom is 0.323 e. The highest BCUT2D eigenvalue weighted by Crippen LogP contribution is 2.42. The zero-order chi connectivity index (χ0) is 14.9. The quantitative estimate of drug-likeness (QED) is 0.765. The first kappa shape index (κ1) is 14.4. The van der Waals surface area contributed by atoms with Crippen LogP contribution in [-0.2, 0) is 4.74 Å². The Balaban J connectivity index is 1.88. The van der Waals surface area contributed by atoms with Gasteiger partial charge in [-0.15, -0.1) is 0 Å². The Hall–Kier alpha value is -1.59. The molecule has 1 unspecified atom stereocenters. The second kappa shape index (κ2) is 5.66. The molecule has 0 amide bonds. The van der Waals surface area contributed by atoms with E-state index in [1.54, 1.807) is 0 Å². The molecule has 1 atom stereocenters. The van der Waals surface area contributed by atoms with E-state index < -0.39 is 0 Å². The highest BCUT2D eigenvalue weighted by Gasteiger charge is 2.39. The van der Waals surface area contributed by atoms with Gasteiger partial charge in [0.2, 0.25) is 0 Å². The third-order valence-electron chi connectivity index (χ3n) is 4.67. The molecule has 1 aliphatic rings. The molecular weight excluding hydrogens is 266 g/mol. The highest BCUT2D eigenvalue weighted by molar-refractivity contribution is 5.75. The lowest BCUT2D eigenvalue weighted by molar-refractivity contribution is -0.0837. The third kappa shape index (κ3) is 2.76. The number of nitrogens with one attached hydrogen (secondary N) is 3. The van der Waals surface area contributed by atoms with Gasteiger partial charge >= 0.3 is 5.69 Å². The predicted octanol–water partition coefficient (Wildman–Crippen LogP) is 2.47. The van der Waals surface area contributed by atoms with Gasteiger partial charge in [0.1, 0.15) is 0 Å². The van der Waals surface area contributed by atoms with Crippen LogP contribution in [0.5, 0.6) is 0 Å². The number of benzene rings is 1. The number of imidazole rings is 1. The van der Waals surface area contributed by atoms with Crippen LogP contribution >= 0.6 is 0 Å². The lowest BCUT2D eigenvalue weighted by Gasteiger charge is -2.43. The molecule has 5 nitrogen and oxygen atoms in total. The Morgan fingerprint density at radius 1 is 1.33 bits per heavy atom. The average molecular weight is 289 g/mol. The van der Waals surface area contributed by atoms with Crippen LogP contribution in [0, 0.1) is 0 Å². The topological polar surface area (TPSA) is 69.9 Å². The Morgan fingerprint density at radius 2 is 2.10 bits per heavy atom. The molecule has 1 aromatic heterocycles. The van der Waals surface area contributed by atoms with Gasteiger partial charge in [0.15, 0.2) is 0 Å². The lowest BCUT2D eigenvalue weighted by atomic mass is 9.74. The van der Waals surface area contributed by atoms with Gasteiger partial charge in [-0.2, -0.15) is 0 Å². The van der Waals surface area contributed by atoms with Crippen molar-refractivity contribution in [2.75, 3.05) is 13.7 Å². The average Bonchev–Trinajstić information content (AvgIpc) is 2.80. The van der Waals surface area contributed by atoms with Crippen LogP contribution in [0.1, 0.15) is 44.2 Å². The summed E-state index contributed by atoms with van der Waals surface area (Å²) in [6.07, 6.45) is 4.48. The number of hydrogen-bond donors (Lipinski definition) is 3. The summed E-state index contributed by atoms with van der Waals surface area (Å²) in [6, 6.07) is 6.36. The van der Waals surface area contributed by atoms with E-state index in [1.165, 1.54) is 12.0 Å². The van der Waals surface area contributed by atoms with Gasteiger partial charge in [-0.05, 0) is 49.9 Å². The molecule has 1 fully saturated rings. The minimum Gasteiger partial charge on any atom is -0.378 e. The summed E-state index contributed by atoms with van der Waals surface area (Å²) in [5.41, 5.74) is 2.77. The standard InChI is InChI=1S/C16H23N3O2/c1-3-17-14(10-16(21-2)7-4-8-16)11-5-6-12-13(9-11)19-15(20)18-12/h5-6,9,14,17H,3-4,7-8,10H2,1-2H3,(H2,18,19,20). The monoisotopic (exact) mass is 289 g/mol. The molecule has 21 heavy (non-hydrogen) atoms. The van der Waals surface area contributed by atoms with Crippen LogP contribution in [0.25, 0.3) is 11.0 Å². The molecule has 1 aliphatic carbocycles. The number of fused-ring (bicyclic) bond motifs is 1. The first-order valence-electron chi connectivity index (χ1n) is 7.66. The lowest BCUT2D eigenvalue weighted by Crippen LogP contribution is -2.42. The van der Waals surface area contributed by atoms with E-state index in [9.17, 15) is 4.79 Å². The maximum absolute atomic E-state index is 11.4. The molecule has 3 N–H and O–H groups in total. The van der Waals surface area contributed by atoms with Crippen molar-refractivity contribution in [1.29, 1.82) is 0 Å². The Kier molecular flexibility index (Phi) is 3.87. The molecule has 114 valence electrons. The van der Waals surface area contributed by atoms with Crippen LogP contribution in [0.3, 0.4) is 0 Å². The molecule has 1 saturated carbocycles. The van der Waals surface area contributed by atoms with E-state index in [4.69, 9.17) is 4.74 Å². The van der Waals surface area contributed by atoms with Crippen LogP contribution in [0.15, 0.2) is 23.0 Å². The summed E-state index contributed by atoms with van der Waals surface area (Å²) in [5.74, 6) is 0. The molecule has 0 bridgehead atoms. The van der Waals surface area contributed by atoms with E-state index in [1.807, 2.05) is 13.2 Å². The summed E-state index contributed by atoms with van der Waals surface area (Å²) in [5, 5.41) is 3.55. The van der Waals surface area contributed by atoms with Gasteiger partial charge in [-0.1, -0.05) is 13.0 Å². The van der Waals surface area contributed by atoms with E-state index in [2.05, 4.69) is 34.3 Å². The van der Waals surface area contributed by atoms with Crippen molar-refractivity contribution in [3.63, 3.8) is 0 Å². The zero-order valence-corrected chi connectivity index (χ0v) is 12.7. The predicted molar refractivity (Wildman–Crippen MR) is 83.5 cm³/mol. The molecule has 5 heteroatoms. The molecule has 2 aromatic rings. The summed E-state index contributed by atoms with van der Waals surface area (Å²) in [6.45, 7) is 3.02. The Labute approximate surface area is 124 Å². The van der Waals surface area contributed by atoms with Crippen molar-refractivity contribution >= 4 is 11.0 Å². The number of rotatable bonds is 6. The van der Waals surface area contributed by atoms with Crippen molar-refractivity contribution in [1.82, 2.24) is 15.3 Å². The van der Waals surface area contributed by atoms with Crippen LogP contribution < -0.4 is 11.0 Å². The van der Waals surface area contributed by atoms with Gasteiger partial charge in [-0.3, -0.25) is 0 Å². The second-order valence-corrected chi connectivity index (χ2v) is 5.94. The van der Waals surface area contributed by atoms with Crippen molar-refractivity contribution in [2.24, 2.45) is 0 Å². The van der Waals surface area contributed by atoms with Crippen LogP contribution in [0.4, 0.5) is 0 Å². The fourth-order valence-corrected chi connectivity index (χ4v) is 3.26. The highest BCUT2D eigenvalue weighted by atomic mass is 16.5. The number of hydrogen-bond acceptors (Lipinski definition) is 3. The summed E-state index contributed by atoms with van der Waals surface area (Å²) in [7, 11) is 1.81. The largest absolute Gasteiger partial charge is 0.378 e. The number of ether oxygens (including phenoxy) is 1. The second-order valence-electron chi connectivity index (χ2n) is 5.94. The third-order valence-corrected chi connectivity index (χ3v) is 4.67. The molecule has 0 radical (unpaired) electrons. The van der Waals surface area contributed by atoms with Crippen molar-refractivity contribution in [3.05, 3.63) is 34.2 Å². The number of H-pyrrole nitrogens is 2. The van der Waals surface area contributed by atoms with Crippen molar-refractivity contribution in [3.8, 4) is 0 Å². The smallest absolute Gasteiger partial charge is 0.323 e. The molecule has 1 heterocycles. The van der Waals surface area contributed by atoms with E-state index in [-0.39, 0.29) is 17.3 Å². The summed E-state index contributed by atoms with van der Waals surface area (Å²) in [4.78, 5) is 17.0. The molecule has 0 saturated heterocycles. The van der Waals surface area contributed by atoms with E-state index in [0.29, 0.717) is 0 Å². The van der Waals surface area contributed by atoms with Gasteiger partial charge < -0.3 is 20.0 Å². The first-order chi connectivity index (χ1) is 10.2. The minimum atomic E-state index is -0.158. The first-order valence-corrected chi connectivity index (χ1v) is 7.66. The van der Waals surface area contributed by atoms with Crippen molar-refractivity contribution < 1.29 is 4.74 Å². The summed E-state index contributed by atoms with van der Waals surface area (Å²) >= 11 is 0. The number of methoxy groups -OCH3 is 1. The molecule has 3 rings (SSSR count). The minimum absolute atomic E-state index is 0.0212. The van der Waals surface area contributed by atoms with Gasteiger partial charge in [0, 0.05) is 13.2 Å². The fourth-order valence-electron chi connectivity index (χ4n) is 3.26. The van der Waals surface area contributed by atoms with Crippen molar-refractivity contribution in [2.45, 2.75) is 44.2 Å². The van der Waals surface area contributed by atoms with Gasteiger partial charge in [0.25, 0.3) is 0 Å². The molecule has 0 aliphatic heterocycles. The maximum atomic E-state index is 11.4. The molecule has 1 aromatic carbocycles. The number of aromatic amines is 2.